The number of nitrogens with one attached hydrogen (secondary N) is 1. The molecule has 0 radical (unpaired) electrons. The Labute approximate surface area is 186 Å². The number of aromatic nitrogens is 1. The summed E-state index contributed by atoms with van der Waals surface area (Å²) in [6.45, 7) is 0. The minimum atomic E-state index is -0.600. The highest BCUT2D eigenvalue weighted by Gasteiger charge is 2.13. The lowest BCUT2D eigenvalue weighted by atomic mass is 10.0. The van der Waals surface area contributed by atoms with Gasteiger partial charge in [0.1, 0.15) is 11.9 Å². The van der Waals surface area contributed by atoms with Gasteiger partial charge in [-0.25, -0.2) is 4.98 Å². The van der Waals surface area contributed by atoms with Gasteiger partial charge >= 0.3 is 5.97 Å². The summed E-state index contributed by atoms with van der Waals surface area (Å²) in [5.41, 5.74) is 9.26. The van der Waals surface area contributed by atoms with Crippen LogP contribution >= 0.6 is 37.2 Å². The summed E-state index contributed by atoms with van der Waals surface area (Å²) in [5, 5.41) is 3.06. The van der Waals surface area contributed by atoms with E-state index in [9.17, 15) is 4.79 Å². The van der Waals surface area contributed by atoms with Crippen molar-refractivity contribution in [2.75, 3.05) is 19.5 Å². The average Bonchev–Trinajstić information content (AvgIpc) is 2.66. The molecule has 2 aromatic rings. The molecule has 0 fully saturated rings. The maximum atomic E-state index is 11.4. The standard InChI is InChI=1S/C20H27N3O2.3ClH/c1-22-19-9-5-8-17(23-19)7-4-3-6-15-10-12-16(13-11-15)14-18(21)20(24)25-2;;;/h5,8-13,18H,3-4,6-7,14,21H2,1-2H3,(H,22,23);3*1H/t18-;;;/m0.../s1. The van der Waals surface area contributed by atoms with E-state index in [4.69, 9.17) is 5.73 Å². The molecule has 0 saturated carbocycles. The second-order valence-corrected chi connectivity index (χ2v) is 6.12. The second kappa shape index (κ2) is 15.4. The molecule has 28 heavy (non-hydrogen) atoms. The fraction of sp³-hybridized carbons (Fsp3) is 0.400. The molecule has 2 rings (SSSR count). The summed E-state index contributed by atoms with van der Waals surface area (Å²) in [6, 6.07) is 13.8. The molecule has 0 aliphatic rings. The van der Waals surface area contributed by atoms with Gasteiger partial charge in [-0.1, -0.05) is 30.3 Å². The highest BCUT2D eigenvalue weighted by Crippen LogP contribution is 2.12. The van der Waals surface area contributed by atoms with Gasteiger partial charge in [-0.15, -0.1) is 37.2 Å². The van der Waals surface area contributed by atoms with Crippen LogP contribution in [-0.2, 0) is 28.8 Å². The molecule has 0 spiro atoms. The van der Waals surface area contributed by atoms with E-state index in [1.54, 1.807) is 0 Å². The van der Waals surface area contributed by atoms with Gasteiger partial charge in [0, 0.05) is 12.7 Å². The quantitative estimate of drug-likeness (QED) is 0.446. The van der Waals surface area contributed by atoms with Crippen molar-refractivity contribution >= 4 is 49.0 Å². The van der Waals surface area contributed by atoms with Crippen LogP contribution < -0.4 is 11.1 Å². The Morgan fingerprint density at radius 3 is 2.25 bits per heavy atom. The number of rotatable bonds is 9. The molecule has 158 valence electrons. The van der Waals surface area contributed by atoms with Crippen LogP contribution in [0.3, 0.4) is 0 Å². The normalized spacial score (nSPS) is 10.5. The lowest BCUT2D eigenvalue weighted by molar-refractivity contribution is -0.142. The molecule has 1 aromatic heterocycles. The van der Waals surface area contributed by atoms with Crippen LogP contribution in [0.15, 0.2) is 42.5 Å². The maximum absolute atomic E-state index is 11.4. The summed E-state index contributed by atoms with van der Waals surface area (Å²) < 4.78 is 4.65. The topological polar surface area (TPSA) is 77.2 Å². The molecule has 5 nitrogen and oxygen atoms in total. The number of nitrogens with zero attached hydrogens (tertiary/aromatic N) is 1. The predicted octanol–water partition coefficient (Wildman–Crippen LogP) is 4.00. The van der Waals surface area contributed by atoms with E-state index in [0.29, 0.717) is 6.42 Å². The van der Waals surface area contributed by atoms with Crippen molar-refractivity contribution in [2.45, 2.75) is 38.1 Å². The second-order valence-electron chi connectivity index (χ2n) is 6.12. The third-order valence-corrected chi connectivity index (χ3v) is 4.19. The van der Waals surface area contributed by atoms with Gasteiger partial charge in [0.25, 0.3) is 0 Å². The van der Waals surface area contributed by atoms with Crippen LogP contribution in [0.25, 0.3) is 0 Å². The van der Waals surface area contributed by atoms with Gasteiger partial charge < -0.3 is 15.8 Å². The zero-order chi connectivity index (χ0) is 18.1. The van der Waals surface area contributed by atoms with E-state index in [0.717, 1.165) is 42.8 Å². The van der Waals surface area contributed by atoms with Crippen LogP contribution in [0.5, 0.6) is 0 Å². The van der Waals surface area contributed by atoms with Gasteiger partial charge in [-0.3, -0.25) is 4.79 Å². The average molecular weight is 451 g/mol. The zero-order valence-corrected chi connectivity index (χ0v) is 18.7. The first-order valence-electron chi connectivity index (χ1n) is 8.67. The van der Waals surface area contributed by atoms with Crippen LogP contribution in [0.4, 0.5) is 5.82 Å². The lowest BCUT2D eigenvalue weighted by Crippen LogP contribution is -2.33. The Balaban J connectivity index is 0. The van der Waals surface area contributed by atoms with Crippen molar-refractivity contribution in [1.82, 2.24) is 4.98 Å². The number of pyridine rings is 1. The van der Waals surface area contributed by atoms with Crippen molar-refractivity contribution in [2.24, 2.45) is 5.73 Å². The summed E-state index contributed by atoms with van der Waals surface area (Å²) in [5.74, 6) is 0.540. The summed E-state index contributed by atoms with van der Waals surface area (Å²) in [4.78, 5) is 15.9. The van der Waals surface area contributed by atoms with Crippen LogP contribution in [-0.4, -0.2) is 31.2 Å². The predicted molar refractivity (Wildman–Crippen MR) is 122 cm³/mol. The minimum absolute atomic E-state index is 0. The van der Waals surface area contributed by atoms with E-state index >= 15 is 0 Å². The summed E-state index contributed by atoms with van der Waals surface area (Å²) in [6.07, 6.45) is 4.75. The monoisotopic (exact) mass is 449 g/mol. The minimum Gasteiger partial charge on any atom is -0.468 e. The number of unbranched alkanes of at least 4 members (excludes halogenated alkanes) is 1. The molecular formula is C20H30Cl3N3O2. The molecule has 0 bridgehead atoms. The van der Waals surface area contributed by atoms with Gasteiger partial charge in [0.2, 0.25) is 0 Å². The number of nitrogens with two attached hydrogens (primary N) is 1. The first kappa shape index (κ1) is 28.7. The lowest BCUT2D eigenvalue weighted by Gasteiger charge is -2.10. The summed E-state index contributed by atoms with van der Waals surface area (Å²) >= 11 is 0. The highest BCUT2D eigenvalue weighted by molar-refractivity contribution is 5.86. The molecule has 1 atom stereocenters. The number of aryl methyl sites for hydroxylation is 2. The van der Waals surface area contributed by atoms with Crippen molar-refractivity contribution in [3.05, 3.63) is 59.3 Å². The molecule has 0 aliphatic heterocycles. The van der Waals surface area contributed by atoms with Crippen LogP contribution in [0.2, 0.25) is 0 Å². The van der Waals surface area contributed by atoms with Crippen molar-refractivity contribution < 1.29 is 9.53 Å². The van der Waals surface area contributed by atoms with E-state index in [1.165, 1.54) is 12.7 Å². The van der Waals surface area contributed by atoms with E-state index in [-0.39, 0.29) is 43.2 Å². The smallest absolute Gasteiger partial charge is 0.322 e. The number of carbonyl (C=O) groups excluding carboxylic acids is 1. The van der Waals surface area contributed by atoms with Crippen molar-refractivity contribution in [3.63, 3.8) is 0 Å². The molecule has 1 aromatic carbocycles. The van der Waals surface area contributed by atoms with Crippen molar-refractivity contribution in [1.29, 1.82) is 0 Å². The number of hydrogen-bond acceptors (Lipinski definition) is 5. The van der Waals surface area contributed by atoms with Crippen molar-refractivity contribution in [3.8, 4) is 0 Å². The zero-order valence-electron chi connectivity index (χ0n) is 16.2. The van der Waals surface area contributed by atoms with Gasteiger partial charge in [0.15, 0.2) is 0 Å². The van der Waals surface area contributed by atoms with Gasteiger partial charge in [-0.05, 0) is 55.4 Å². The summed E-state index contributed by atoms with van der Waals surface area (Å²) in [7, 11) is 3.24. The third kappa shape index (κ3) is 9.60. The highest BCUT2D eigenvalue weighted by atomic mass is 35.5. The fourth-order valence-electron chi connectivity index (χ4n) is 2.72. The van der Waals surface area contributed by atoms with Crippen LogP contribution in [0, 0.1) is 0 Å². The van der Waals surface area contributed by atoms with Gasteiger partial charge in [0.05, 0.1) is 7.11 Å². The van der Waals surface area contributed by atoms with E-state index < -0.39 is 6.04 Å². The number of benzene rings is 1. The molecule has 0 amide bonds. The Morgan fingerprint density at radius 1 is 1.04 bits per heavy atom. The molecule has 1 heterocycles. The number of anilines is 1. The number of methoxy groups -OCH3 is 1. The molecular weight excluding hydrogens is 421 g/mol. The third-order valence-electron chi connectivity index (χ3n) is 4.19. The molecule has 0 unspecified atom stereocenters. The number of carbonyl (C=O) groups is 1. The van der Waals surface area contributed by atoms with Gasteiger partial charge in [-0.2, -0.15) is 0 Å². The first-order chi connectivity index (χ1) is 12.1. The Hall–Kier alpha value is -1.53. The first-order valence-corrected chi connectivity index (χ1v) is 8.67. The molecule has 8 heteroatoms. The number of esters is 1. The Morgan fingerprint density at radius 2 is 1.64 bits per heavy atom. The van der Waals surface area contributed by atoms with Crippen LogP contribution in [0.1, 0.15) is 29.7 Å². The van der Waals surface area contributed by atoms with E-state index in [1.807, 2.05) is 31.3 Å². The Kier molecular flexibility index (Phi) is 15.8. The number of hydrogen-bond donors (Lipinski definition) is 2. The molecule has 0 aliphatic carbocycles. The SMILES string of the molecule is CNc1cccc(CCCCc2ccc(C[C@H](N)C(=O)OC)cc2)n1.Cl.Cl.Cl. The fourth-order valence-corrected chi connectivity index (χ4v) is 2.72. The molecule has 0 saturated heterocycles. The number of halogens is 3. The molecule has 3 N–H and O–H groups in total. The van der Waals surface area contributed by atoms with E-state index in [2.05, 4.69) is 33.2 Å². The largest absolute Gasteiger partial charge is 0.468 e. The Bertz CT molecular complexity index is 685. The number of ether oxygens (including phenoxy) is 1. The maximum Gasteiger partial charge on any atom is 0.322 e.